The van der Waals surface area contributed by atoms with Crippen LogP contribution in [0.2, 0.25) is 0 Å². The molecule has 1 amide bonds. The molecule has 0 atom stereocenters. The Morgan fingerprint density at radius 3 is 2.83 bits per heavy atom. The molecule has 0 unspecified atom stereocenters. The lowest BCUT2D eigenvalue weighted by Crippen LogP contribution is -2.27. The van der Waals surface area contributed by atoms with Gasteiger partial charge in [-0.05, 0) is 38.1 Å². The Morgan fingerprint density at radius 1 is 1.50 bits per heavy atom. The fraction of sp³-hybridized carbons (Fsp3) is 0.462. The average molecular weight is 248 g/mol. The van der Waals surface area contributed by atoms with Crippen molar-refractivity contribution in [3.05, 3.63) is 23.8 Å². The van der Waals surface area contributed by atoms with E-state index in [1.807, 2.05) is 6.07 Å². The number of anilines is 2. The van der Waals surface area contributed by atoms with Gasteiger partial charge in [0, 0.05) is 30.5 Å². The van der Waals surface area contributed by atoms with Crippen LogP contribution in [0, 0.1) is 0 Å². The van der Waals surface area contributed by atoms with Crippen LogP contribution >= 0.6 is 0 Å². The standard InChI is InChI=1S/C13H20N4O/c1-17(10-3-4-10)7-6-16-9-2-5-12(14)11(8-9)13(15)18/h2,5,8,10,16H,3-4,6-7,14H2,1H3,(H2,15,18). The molecule has 5 nitrogen and oxygen atoms in total. The van der Waals surface area contributed by atoms with Crippen molar-refractivity contribution in [1.29, 1.82) is 0 Å². The number of rotatable bonds is 6. The van der Waals surface area contributed by atoms with Crippen LogP contribution < -0.4 is 16.8 Å². The van der Waals surface area contributed by atoms with E-state index in [1.54, 1.807) is 12.1 Å². The Bertz CT molecular complexity index is 443. The van der Waals surface area contributed by atoms with E-state index < -0.39 is 5.91 Å². The Hall–Kier alpha value is -1.75. The maximum atomic E-state index is 11.2. The highest BCUT2D eigenvalue weighted by atomic mass is 16.1. The summed E-state index contributed by atoms with van der Waals surface area (Å²) in [6, 6.07) is 6.03. The molecule has 5 N–H and O–H groups in total. The third-order valence-corrected chi connectivity index (χ3v) is 3.28. The highest BCUT2D eigenvalue weighted by Crippen LogP contribution is 2.24. The maximum Gasteiger partial charge on any atom is 0.250 e. The smallest absolute Gasteiger partial charge is 0.250 e. The van der Waals surface area contributed by atoms with Crippen LogP contribution in [0.15, 0.2) is 18.2 Å². The fourth-order valence-electron chi connectivity index (χ4n) is 1.95. The van der Waals surface area contributed by atoms with Gasteiger partial charge in [0.2, 0.25) is 0 Å². The molecule has 2 rings (SSSR count). The number of nitrogen functional groups attached to an aromatic ring is 1. The number of carbonyl (C=O) groups is 1. The molecule has 1 aromatic rings. The number of carbonyl (C=O) groups excluding carboxylic acids is 1. The Labute approximate surface area is 107 Å². The van der Waals surface area contributed by atoms with Gasteiger partial charge >= 0.3 is 0 Å². The van der Waals surface area contributed by atoms with Gasteiger partial charge in [-0.2, -0.15) is 0 Å². The van der Waals surface area contributed by atoms with Gasteiger partial charge in [0.1, 0.15) is 0 Å². The first-order chi connectivity index (χ1) is 8.58. The summed E-state index contributed by atoms with van der Waals surface area (Å²) in [4.78, 5) is 13.5. The van der Waals surface area contributed by atoms with Crippen molar-refractivity contribution in [3.63, 3.8) is 0 Å². The SMILES string of the molecule is CN(CCNc1ccc(N)c(C(N)=O)c1)C1CC1. The largest absolute Gasteiger partial charge is 0.398 e. The lowest BCUT2D eigenvalue weighted by Gasteiger charge is -2.16. The molecule has 0 heterocycles. The quantitative estimate of drug-likeness (QED) is 0.652. The van der Waals surface area contributed by atoms with Crippen LogP contribution in [0.5, 0.6) is 0 Å². The zero-order valence-corrected chi connectivity index (χ0v) is 10.6. The molecular weight excluding hydrogens is 228 g/mol. The molecule has 1 aromatic carbocycles. The molecule has 18 heavy (non-hydrogen) atoms. The third kappa shape index (κ3) is 3.13. The number of amides is 1. The summed E-state index contributed by atoms with van der Waals surface area (Å²) in [6.07, 6.45) is 2.62. The second-order valence-corrected chi connectivity index (χ2v) is 4.80. The van der Waals surface area contributed by atoms with Crippen LogP contribution in [0.4, 0.5) is 11.4 Å². The van der Waals surface area contributed by atoms with E-state index in [9.17, 15) is 4.79 Å². The van der Waals surface area contributed by atoms with E-state index in [4.69, 9.17) is 11.5 Å². The Morgan fingerprint density at radius 2 is 2.22 bits per heavy atom. The minimum atomic E-state index is -0.494. The second-order valence-electron chi connectivity index (χ2n) is 4.80. The summed E-state index contributed by atoms with van der Waals surface area (Å²) >= 11 is 0. The molecule has 0 spiro atoms. The summed E-state index contributed by atoms with van der Waals surface area (Å²) in [5, 5.41) is 3.28. The first kappa shape index (κ1) is 12.7. The number of benzene rings is 1. The molecule has 5 heteroatoms. The highest BCUT2D eigenvalue weighted by molar-refractivity contribution is 5.98. The number of nitrogens with zero attached hydrogens (tertiary/aromatic N) is 1. The lowest BCUT2D eigenvalue weighted by atomic mass is 10.1. The molecular formula is C13H20N4O. The van der Waals surface area contributed by atoms with Crippen molar-refractivity contribution in [2.45, 2.75) is 18.9 Å². The van der Waals surface area contributed by atoms with Gasteiger partial charge in [0.05, 0.1) is 5.56 Å². The van der Waals surface area contributed by atoms with E-state index in [0.717, 1.165) is 24.8 Å². The third-order valence-electron chi connectivity index (χ3n) is 3.28. The monoisotopic (exact) mass is 248 g/mol. The van der Waals surface area contributed by atoms with E-state index >= 15 is 0 Å². The van der Waals surface area contributed by atoms with Gasteiger partial charge in [0.15, 0.2) is 0 Å². The first-order valence-electron chi connectivity index (χ1n) is 6.21. The van der Waals surface area contributed by atoms with Crippen molar-refractivity contribution in [2.75, 3.05) is 31.2 Å². The molecule has 1 fully saturated rings. The Kier molecular flexibility index (Phi) is 3.72. The molecule has 0 bridgehead atoms. The van der Waals surface area contributed by atoms with Gasteiger partial charge in [-0.1, -0.05) is 0 Å². The minimum absolute atomic E-state index is 0.371. The van der Waals surface area contributed by atoms with Crippen molar-refractivity contribution >= 4 is 17.3 Å². The highest BCUT2D eigenvalue weighted by Gasteiger charge is 2.25. The predicted molar refractivity (Wildman–Crippen MR) is 73.5 cm³/mol. The van der Waals surface area contributed by atoms with Crippen LogP contribution in [0.3, 0.4) is 0 Å². The molecule has 1 saturated carbocycles. The number of primary amides is 1. The lowest BCUT2D eigenvalue weighted by molar-refractivity contribution is 0.100. The van der Waals surface area contributed by atoms with Crippen LogP contribution in [0.1, 0.15) is 23.2 Å². The molecule has 0 saturated heterocycles. The number of nitrogens with one attached hydrogen (secondary N) is 1. The summed E-state index contributed by atoms with van der Waals surface area (Å²) in [7, 11) is 2.14. The van der Waals surface area contributed by atoms with E-state index in [0.29, 0.717) is 11.3 Å². The summed E-state index contributed by atoms with van der Waals surface area (Å²) in [5.74, 6) is -0.494. The van der Waals surface area contributed by atoms with Gasteiger partial charge in [-0.25, -0.2) is 0 Å². The van der Waals surface area contributed by atoms with E-state index in [2.05, 4.69) is 17.3 Å². The van der Waals surface area contributed by atoms with Crippen molar-refractivity contribution in [2.24, 2.45) is 5.73 Å². The van der Waals surface area contributed by atoms with Crippen LogP contribution in [0.25, 0.3) is 0 Å². The van der Waals surface area contributed by atoms with Crippen LogP contribution in [-0.4, -0.2) is 37.0 Å². The number of hydrogen-bond donors (Lipinski definition) is 3. The normalized spacial score (nSPS) is 14.8. The number of hydrogen-bond acceptors (Lipinski definition) is 4. The number of nitrogens with two attached hydrogens (primary N) is 2. The molecule has 98 valence electrons. The van der Waals surface area contributed by atoms with Crippen LogP contribution in [-0.2, 0) is 0 Å². The summed E-state index contributed by atoms with van der Waals surface area (Å²) < 4.78 is 0. The minimum Gasteiger partial charge on any atom is -0.398 e. The van der Waals surface area contributed by atoms with Crippen molar-refractivity contribution in [1.82, 2.24) is 4.90 Å². The van der Waals surface area contributed by atoms with Gasteiger partial charge in [-0.15, -0.1) is 0 Å². The fourth-order valence-corrected chi connectivity index (χ4v) is 1.95. The molecule has 1 aliphatic rings. The van der Waals surface area contributed by atoms with E-state index in [1.165, 1.54) is 12.8 Å². The first-order valence-corrected chi connectivity index (χ1v) is 6.21. The van der Waals surface area contributed by atoms with Crippen molar-refractivity contribution in [3.8, 4) is 0 Å². The zero-order valence-electron chi connectivity index (χ0n) is 10.6. The summed E-state index contributed by atoms with van der Waals surface area (Å²) in [6.45, 7) is 1.83. The topological polar surface area (TPSA) is 84.4 Å². The molecule has 0 radical (unpaired) electrons. The van der Waals surface area contributed by atoms with Gasteiger partial charge in [-0.3, -0.25) is 4.79 Å². The second kappa shape index (κ2) is 5.27. The number of likely N-dealkylation sites (N-methyl/N-ethyl adjacent to an activating group) is 1. The molecule has 0 aromatic heterocycles. The van der Waals surface area contributed by atoms with E-state index in [-0.39, 0.29) is 0 Å². The zero-order chi connectivity index (χ0) is 13.1. The van der Waals surface area contributed by atoms with Crippen molar-refractivity contribution < 1.29 is 4.79 Å². The average Bonchev–Trinajstić information content (AvgIpc) is 3.14. The molecule has 0 aliphatic heterocycles. The molecule has 1 aliphatic carbocycles. The van der Waals surface area contributed by atoms with Gasteiger partial charge in [0.25, 0.3) is 5.91 Å². The Balaban J connectivity index is 1.88. The maximum absolute atomic E-state index is 11.2. The predicted octanol–water partition coefficient (Wildman–Crippen LogP) is 0.874. The summed E-state index contributed by atoms with van der Waals surface area (Å²) in [5.41, 5.74) is 12.6. The van der Waals surface area contributed by atoms with Gasteiger partial charge < -0.3 is 21.7 Å².